The van der Waals surface area contributed by atoms with Crippen molar-refractivity contribution in [3.8, 4) is 0 Å². The summed E-state index contributed by atoms with van der Waals surface area (Å²) in [6.45, 7) is 0. The van der Waals surface area contributed by atoms with Gasteiger partial charge >= 0.3 is 0 Å². The van der Waals surface area contributed by atoms with Gasteiger partial charge in [-0.1, -0.05) is 15.9 Å². The molecule has 0 spiro atoms. The fourth-order valence-corrected chi connectivity index (χ4v) is 1.81. The first-order valence-corrected chi connectivity index (χ1v) is 4.35. The van der Waals surface area contributed by atoms with Crippen LogP contribution in [0.1, 0.15) is 0 Å². The quantitative estimate of drug-likeness (QED) is 0.697. The number of halogens is 1. The van der Waals surface area contributed by atoms with Gasteiger partial charge in [-0.15, -0.1) is 0 Å². The fourth-order valence-electron chi connectivity index (χ4n) is 1.18. The number of pyridine rings is 1. The Labute approximate surface area is 78.5 Å². The van der Waals surface area contributed by atoms with Crippen LogP contribution in [-0.2, 0) is 0 Å². The largest absolute Gasteiger partial charge is 0.399 e. The Morgan fingerprint density at radius 3 is 3.00 bits per heavy atom. The highest BCUT2D eigenvalue weighted by Gasteiger charge is 1.98. The van der Waals surface area contributed by atoms with Crippen LogP contribution < -0.4 is 5.73 Å². The number of anilines is 1. The van der Waals surface area contributed by atoms with Crippen LogP contribution in [0.5, 0.6) is 0 Å². The van der Waals surface area contributed by atoms with Crippen LogP contribution in [0.15, 0.2) is 35.1 Å². The molecular weight excluding hydrogens is 216 g/mol. The lowest BCUT2D eigenvalue weighted by Crippen LogP contribution is -1.85. The van der Waals surface area contributed by atoms with Crippen molar-refractivity contribution in [1.29, 1.82) is 0 Å². The lowest BCUT2D eigenvalue weighted by atomic mass is 10.2. The van der Waals surface area contributed by atoms with E-state index in [0.717, 1.165) is 20.9 Å². The topological polar surface area (TPSA) is 38.9 Å². The number of rotatable bonds is 0. The van der Waals surface area contributed by atoms with E-state index in [1.54, 1.807) is 12.4 Å². The molecule has 0 aliphatic rings. The highest BCUT2D eigenvalue weighted by atomic mass is 79.9. The molecule has 0 aliphatic heterocycles. The second-order valence-corrected chi connectivity index (χ2v) is 3.45. The van der Waals surface area contributed by atoms with E-state index in [1.807, 2.05) is 18.2 Å². The monoisotopic (exact) mass is 222 g/mol. The molecule has 0 saturated heterocycles. The van der Waals surface area contributed by atoms with E-state index in [-0.39, 0.29) is 0 Å². The Kier molecular flexibility index (Phi) is 1.73. The van der Waals surface area contributed by atoms with Crippen LogP contribution in [0.25, 0.3) is 10.8 Å². The number of nitrogens with two attached hydrogens (primary N) is 1. The van der Waals surface area contributed by atoms with Crippen LogP contribution in [-0.4, -0.2) is 4.98 Å². The third-order valence-electron chi connectivity index (χ3n) is 1.72. The first kappa shape index (κ1) is 7.55. The van der Waals surface area contributed by atoms with E-state index in [0.29, 0.717) is 0 Å². The predicted octanol–water partition coefficient (Wildman–Crippen LogP) is 2.58. The number of nitrogens with zero attached hydrogens (tertiary/aromatic N) is 1. The molecule has 2 nitrogen and oxygen atoms in total. The van der Waals surface area contributed by atoms with Crippen LogP contribution in [0.4, 0.5) is 5.69 Å². The van der Waals surface area contributed by atoms with E-state index in [2.05, 4.69) is 20.9 Å². The summed E-state index contributed by atoms with van der Waals surface area (Å²) in [5.74, 6) is 0. The van der Waals surface area contributed by atoms with Crippen molar-refractivity contribution >= 4 is 32.4 Å². The van der Waals surface area contributed by atoms with Gasteiger partial charge in [0, 0.05) is 27.9 Å². The van der Waals surface area contributed by atoms with Gasteiger partial charge in [-0.3, -0.25) is 4.98 Å². The minimum atomic E-state index is 0.752. The van der Waals surface area contributed by atoms with Crippen molar-refractivity contribution in [2.45, 2.75) is 0 Å². The molecule has 0 amide bonds. The predicted molar refractivity (Wildman–Crippen MR) is 53.9 cm³/mol. The van der Waals surface area contributed by atoms with Gasteiger partial charge < -0.3 is 5.73 Å². The van der Waals surface area contributed by atoms with Gasteiger partial charge in [-0.05, 0) is 23.6 Å². The molecule has 2 rings (SSSR count). The van der Waals surface area contributed by atoms with E-state index >= 15 is 0 Å². The maximum absolute atomic E-state index is 5.67. The van der Waals surface area contributed by atoms with Crippen molar-refractivity contribution in [2.75, 3.05) is 5.73 Å². The molecule has 0 saturated carbocycles. The SMILES string of the molecule is Nc1cc(Br)c2ccncc2c1. The van der Waals surface area contributed by atoms with Crippen LogP contribution >= 0.6 is 15.9 Å². The maximum Gasteiger partial charge on any atom is 0.0347 e. The summed E-state index contributed by atoms with van der Waals surface area (Å²) >= 11 is 3.44. The molecule has 2 aromatic rings. The van der Waals surface area contributed by atoms with Gasteiger partial charge in [-0.2, -0.15) is 0 Å². The minimum Gasteiger partial charge on any atom is -0.399 e. The first-order valence-electron chi connectivity index (χ1n) is 3.56. The summed E-state index contributed by atoms with van der Waals surface area (Å²) in [4.78, 5) is 4.02. The molecule has 1 aromatic heterocycles. The summed E-state index contributed by atoms with van der Waals surface area (Å²) in [5, 5.41) is 2.20. The number of hydrogen-bond acceptors (Lipinski definition) is 2. The molecule has 3 heteroatoms. The molecule has 2 N–H and O–H groups in total. The van der Waals surface area contributed by atoms with E-state index < -0.39 is 0 Å². The summed E-state index contributed by atoms with van der Waals surface area (Å²) in [7, 11) is 0. The van der Waals surface area contributed by atoms with Gasteiger partial charge in [0.05, 0.1) is 0 Å². The lowest BCUT2D eigenvalue weighted by molar-refractivity contribution is 1.36. The zero-order chi connectivity index (χ0) is 8.55. The normalized spacial score (nSPS) is 10.4. The summed E-state index contributed by atoms with van der Waals surface area (Å²) < 4.78 is 1.01. The Morgan fingerprint density at radius 1 is 1.33 bits per heavy atom. The zero-order valence-corrected chi connectivity index (χ0v) is 7.88. The summed E-state index contributed by atoms with van der Waals surface area (Å²) in [6, 6.07) is 5.76. The average molecular weight is 223 g/mol. The Balaban J connectivity index is 2.89. The van der Waals surface area contributed by atoms with Crippen molar-refractivity contribution in [1.82, 2.24) is 4.98 Å². The van der Waals surface area contributed by atoms with E-state index in [1.165, 1.54) is 0 Å². The molecule has 0 unspecified atom stereocenters. The van der Waals surface area contributed by atoms with Crippen molar-refractivity contribution < 1.29 is 0 Å². The standard InChI is InChI=1S/C9H7BrN2/c10-9-4-7(11)3-6-5-12-2-1-8(6)9/h1-5H,11H2. The van der Waals surface area contributed by atoms with Crippen molar-refractivity contribution in [2.24, 2.45) is 0 Å². The zero-order valence-electron chi connectivity index (χ0n) is 6.29. The first-order chi connectivity index (χ1) is 5.77. The minimum absolute atomic E-state index is 0.752. The van der Waals surface area contributed by atoms with Crippen molar-refractivity contribution in [3.05, 3.63) is 35.1 Å². The molecule has 0 aliphatic carbocycles. The highest BCUT2D eigenvalue weighted by molar-refractivity contribution is 9.10. The molecule has 60 valence electrons. The molecule has 0 fully saturated rings. The molecule has 1 aromatic carbocycles. The smallest absolute Gasteiger partial charge is 0.0347 e. The average Bonchev–Trinajstić information content (AvgIpc) is 2.04. The number of fused-ring (bicyclic) bond motifs is 1. The third kappa shape index (κ3) is 1.16. The van der Waals surface area contributed by atoms with Gasteiger partial charge in [-0.25, -0.2) is 0 Å². The van der Waals surface area contributed by atoms with Gasteiger partial charge in [0.25, 0.3) is 0 Å². The maximum atomic E-state index is 5.67. The van der Waals surface area contributed by atoms with Gasteiger partial charge in [0.1, 0.15) is 0 Å². The third-order valence-corrected chi connectivity index (χ3v) is 2.38. The summed E-state index contributed by atoms with van der Waals surface area (Å²) in [6.07, 6.45) is 3.57. The Bertz CT molecular complexity index is 426. The summed E-state index contributed by atoms with van der Waals surface area (Å²) in [5.41, 5.74) is 6.42. The van der Waals surface area contributed by atoms with Crippen LogP contribution in [0.2, 0.25) is 0 Å². The molecule has 0 radical (unpaired) electrons. The van der Waals surface area contributed by atoms with Crippen LogP contribution in [0.3, 0.4) is 0 Å². The Hall–Kier alpha value is -1.09. The number of hydrogen-bond donors (Lipinski definition) is 1. The second kappa shape index (κ2) is 2.75. The number of nitrogen functional groups attached to an aromatic ring is 1. The number of benzene rings is 1. The molecule has 1 heterocycles. The second-order valence-electron chi connectivity index (χ2n) is 2.60. The van der Waals surface area contributed by atoms with Crippen LogP contribution in [0, 0.1) is 0 Å². The van der Waals surface area contributed by atoms with Gasteiger partial charge in [0.2, 0.25) is 0 Å². The molecule has 0 atom stereocenters. The van der Waals surface area contributed by atoms with E-state index in [4.69, 9.17) is 5.73 Å². The van der Waals surface area contributed by atoms with Crippen molar-refractivity contribution in [3.63, 3.8) is 0 Å². The number of aromatic nitrogens is 1. The molecule has 12 heavy (non-hydrogen) atoms. The molecule has 0 bridgehead atoms. The van der Waals surface area contributed by atoms with E-state index in [9.17, 15) is 0 Å². The highest BCUT2D eigenvalue weighted by Crippen LogP contribution is 2.25. The van der Waals surface area contributed by atoms with Gasteiger partial charge in [0.15, 0.2) is 0 Å². The lowest BCUT2D eigenvalue weighted by Gasteiger charge is -2.00. The molecular formula is C9H7BrN2. The Morgan fingerprint density at radius 2 is 2.17 bits per heavy atom. The fraction of sp³-hybridized carbons (Fsp3) is 0.